The molecular weight excluding hydrogens is 453 g/mol. The maximum absolute atomic E-state index is 14.2. The van der Waals surface area contributed by atoms with Gasteiger partial charge in [0.15, 0.2) is 0 Å². The van der Waals surface area contributed by atoms with Crippen molar-refractivity contribution in [3.05, 3.63) is 78.1 Å². The van der Waals surface area contributed by atoms with E-state index in [1.807, 2.05) is 31.2 Å². The summed E-state index contributed by atoms with van der Waals surface area (Å²) in [7, 11) is 0. The first-order valence-electron chi connectivity index (χ1n) is 11.2. The van der Waals surface area contributed by atoms with Gasteiger partial charge < -0.3 is 5.32 Å². The van der Waals surface area contributed by atoms with Gasteiger partial charge in [0.1, 0.15) is 23.5 Å². The van der Waals surface area contributed by atoms with Gasteiger partial charge in [-0.05, 0) is 24.1 Å². The van der Waals surface area contributed by atoms with Crippen LogP contribution < -0.4 is 10.2 Å². The fourth-order valence-electron chi connectivity index (χ4n) is 3.36. The molecule has 2 aromatic carbocycles. The van der Waals surface area contributed by atoms with Crippen molar-refractivity contribution in [2.45, 2.75) is 32.9 Å². The van der Waals surface area contributed by atoms with Crippen LogP contribution in [0.2, 0.25) is 0 Å². The van der Waals surface area contributed by atoms with E-state index in [9.17, 15) is 9.18 Å². The molecule has 8 nitrogen and oxygen atoms in total. The Labute approximate surface area is 201 Å². The fraction of sp³-hybridized carbons (Fsp3) is 0.292. The normalized spacial score (nSPS) is 11.0. The second kappa shape index (κ2) is 11.6. The molecule has 0 fully saturated rings. The summed E-state index contributed by atoms with van der Waals surface area (Å²) >= 11 is 1.33. The van der Waals surface area contributed by atoms with Crippen molar-refractivity contribution in [3.63, 3.8) is 0 Å². The number of hydrogen-bond acceptors (Lipinski definition) is 7. The van der Waals surface area contributed by atoms with E-state index in [0.717, 1.165) is 43.6 Å². The van der Waals surface area contributed by atoms with Gasteiger partial charge in [-0.1, -0.05) is 61.1 Å². The molecule has 10 heteroatoms. The predicted octanol–water partition coefficient (Wildman–Crippen LogP) is 4.17. The Morgan fingerprint density at radius 3 is 2.71 bits per heavy atom. The van der Waals surface area contributed by atoms with Crippen LogP contribution in [0.3, 0.4) is 0 Å². The summed E-state index contributed by atoms with van der Waals surface area (Å²) in [4.78, 5) is 18.5. The van der Waals surface area contributed by atoms with E-state index in [1.54, 1.807) is 23.1 Å². The van der Waals surface area contributed by atoms with Gasteiger partial charge in [0.2, 0.25) is 5.13 Å². The summed E-state index contributed by atoms with van der Waals surface area (Å²) in [5.74, 6) is -0.939. The SMILES string of the molecule is CCCCN(C(=O)c1ccccc1F)c1nnc(-c2ccc(CNCCn3cncn3)cc2)s1. The maximum atomic E-state index is 14.2. The Kier molecular flexibility index (Phi) is 8.05. The Hall–Kier alpha value is -3.50. The van der Waals surface area contributed by atoms with Gasteiger partial charge in [0.05, 0.1) is 12.1 Å². The van der Waals surface area contributed by atoms with Gasteiger partial charge in [-0.2, -0.15) is 5.10 Å². The molecule has 0 radical (unpaired) electrons. The molecule has 1 amide bonds. The van der Waals surface area contributed by atoms with E-state index in [-0.39, 0.29) is 5.56 Å². The van der Waals surface area contributed by atoms with Gasteiger partial charge in [0, 0.05) is 25.2 Å². The van der Waals surface area contributed by atoms with E-state index < -0.39 is 11.7 Å². The van der Waals surface area contributed by atoms with Crippen molar-refractivity contribution in [1.29, 1.82) is 0 Å². The van der Waals surface area contributed by atoms with E-state index in [2.05, 4.69) is 25.6 Å². The first-order valence-corrected chi connectivity index (χ1v) is 12.0. The van der Waals surface area contributed by atoms with E-state index in [1.165, 1.54) is 34.7 Å². The molecule has 0 saturated heterocycles. The number of aromatic nitrogens is 5. The summed E-state index contributed by atoms with van der Waals surface area (Å²) in [5.41, 5.74) is 2.10. The molecular formula is C24H26FN7OS. The van der Waals surface area contributed by atoms with Gasteiger partial charge in [-0.25, -0.2) is 9.37 Å². The Balaban J connectivity index is 1.42. The molecule has 0 aliphatic heterocycles. The van der Waals surface area contributed by atoms with Crippen LogP contribution in [0.1, 0.15) is 35.7 Å². The third kappa shape index (κ3) is 5.89. The Morgan fingerprint density at radius 2 is 1.97 bits per heavy atom. The first-order chi connectivity index (χ1) is 16.7. The van der Waals surface area contributed by atoms with Crippen molar-refractivity contribution < 1.29 is 9.18 Å². The molecule has 2 aromatic heterocycles. The Morgan fingerprint density at radius 1 is 1.15 bits per heavy atom. The number of carbonyl (C=O) groups excluding carboxylic acids is 1. The molecule has 0 aliphatic rings. The molecule has 34 heavy (non-hydrogen) atoms. The highest BCUT2D eigenvalue weighted by atomic mass is 32.1. The standard InChI is InChI=1S/C24H26FN7OS/c1-2-3-13-32(23(33)20-6-4-5-7-21(20)25)24-30-29-22(34-24)19-10-8-18(9-11-19)15-26-12-14-31-17-27-16-28-31/h4-11,16-17,26H,2-3,12-15H2,1H3. The van der Waals surface area contributed by atoms with Crippen LogP contribution in [-0.4, -0.2) is 44.0 Å². The minimum atomic E-state index is -0.538. The van der Waals surface area contributed by atoms with Crippen LogP contribution in [0, 0.1) is 5.82 Å². The van der Waals surface area contributed by atoms with Gasteiger partial charge in [-0.3, -0.25) is 14.4 Å². The van der Waals surface area contributed by atoms with Crippen LogP contribution >= 0.6 is 11.3 Å². The number of anilines is 1. The maximum Gasteiger partial charge on any atom is 0.263 e. The zero-order chi connectivity index (χ0) is 23.8. The summed E-state index contributed by atoms with van der Waals surface area (Å²) < 4.78 is 16.0. The van der Waals surface area contributed by atoms with Crippen LogP contribution in [-0.2, 0) is 13.1 Å². The van der Waals surface area contributed by atoms with Crippen molar-refractivity contribution >= 4 is 22.4 Å². The third-order valence-corrected chi connectivity index (χ3v) is 6.24. The lowest BCUT2D eigenvalue weighted by Crippen LogP contribution is -2.32. The van der Waals surface area contributed by atoms with Gasteiger partial charge >= 0.3 is 0 Å². The van der Waals surface area contributed by atoms with Crippen LogP contribution in [0.5, 0.6) is 0 Å². The average molecular weight is 480 g/mol. The lowest BCUT2D eigenvalue weighted by Gasteiger charge is -2.19. The molecule has 1 N–H and O–H groups in total. The number of rotatable bonds is 11. The molecule has 2 heterocycles. The molecule has 4 aromatic rings. The van der Waals surface area contributed by atoms with Crippen LogP contribution in [0.15, 0.2) is 61.2 Å². The number of nitrogens with one attached hydrogen (secondary N) is 1. The monoisotopic (exact) mass is 479 g/mol. The number of benzene rings is 2. The zero-order valence-corrected chi connectivity index (χ0v) is 19.7. The van der Waals surface area contributed by atoms with Crippen molar-refractivity contribution in [2.75, 3.05) is 18.0 Å². The van der Waals surface area contributed by atoms with Crippen LogP contribution in [0.4, 0.5) is 9.52 Å². The van der Waals surface area contributed by atoms with E-state index in [0.29, 0.717) is 16.7 Å². The summed E-state index contributed by atoms with van der Waals surface area (Å²) in [6.45, 7) is 4.78. The molecule has 0 bridgehead atoms. The number of halogens is 1. The van der Waals surface area contributed by atoms with E-state index in [4.69, 9.17) is 0 Å². The van der Waals surface area contributed by atoms with E-state index >= 15 is 0 Å². The largest absolute Gasteiger partial charge is 0.311 e. The first kappa shape index (κ1) is 23.7. The molecule has 0 atom stereocenters. The highest BCUT2D eigenvalue weighted by Gasteiger charge is 2.23. The number of unbranched alkanes of at least 4 members (excludes halogenated alkanes) is 1. The van der Waals surface area contributed by atoms with Gasteiger partial charge in [0.25, 0.3) is 5.91 Å². The molecule has 4 rings (SSSR count). The van der Waals surface area contributed by atoms with Crippen molar-refractivity contribution in [1.82, 2.24) is 30.3 Å². The Bertz CT molecular complexity index is 1190. The fourth-order valence-corrected chi connectivity index (χ4v) is 4.24. The smallest absolute Gasteiger partial charge is 0.263 e. The highest BCUT2D eigenvalue weighted by Crippen LogP contribution is 2.30. The molecule has 176 valence electrons. The number of amides is 1. The van der Waals surface area contributed by atoms with Gasteiger partial charge in [-0.15, -0.1) is 10.2 Å². The summed E-state index contributed by atoms with van der Waals surface area (Å²) in [5, 5.41) is 17.2. The molecule has 0 unspecified atom stereocenters. The molecule has 0 spiro atoms. The quantitative estimate of drug-likeness (QED) is 0.325. The number of carbonyl (C=O) groups is 1. The van der Waals surface area contributed by atoms with Crippen molar-refractivity contribution in [3.8, 4) is 10.6 Å². The highest BCUT2D eigenvalue weighted by molar-refractivity contribution is 7.18. The number of nitrogens with zero attached hydrogens (tertiary/aromatic N) is 6. The predicted molar refractivity (Wildman–Crippen MR) is 130 cm³/mol. The second-order valence-electron chi connectivity index (χ2n) is 7.71. The topological polar surface area (TPSA) is 88.8 Å². The molecule has 0 aliphatic carbocycles. The number of hydrogen-bond donors (Lipinski definition) is 1. The average Bonchev–Trinajstić information content (AvgIpc) is 3.55. The minimum Gasteiger partial charge on any atom is -0.311 e. The third-order valence-electron chi connectivity index (χ3n) is 5.24. The summed E-state index contributed by atoms with van der Waals surface area (Å²) in [6.07, 6.45) is 4.91. The molecule has 0 saturated carbocycles. The van der Waals surface area contributed by atoms with Crippen molar-refractivity contribution in [2.24, 2.45) is 0 Å². The second-order valence-corrected chi connectivity index (χ2v) is 8.67. The summed E-state index contributed by atoms with van der Waals surface area (Å²) in [6, 6.07) is 14.1. The van der Waals surface area contributed by atoms with Crippen LogP contribution in [0.25, 0.3) is 10.6 Å². The lowest BCUT2D eigenvalue weighted by molar-refractivity contribution is 0.0982. The lowest BCUT2D eigenvalue weighted by atomic mass is 10.1. The minimum absolute atomic E-state index is 0.0380. The zero-order valence-electron chi connectivity index (χ0n) is 18.9.